The zero-order chi connectivity index (χ0) is 16.8. The Morgan fingerprint density at radius 3 is 2.42 bits per heavy atom. The number of hydrogen-bond acceptors (Lipinski definition) is 2. The molecule has 1 aromatic rings. The first kappa shape index (κ1) is 17.1. The highest BCUT2D eigenvalue weighted by atomic mass is 15.1. The smallest absolute Gasteiger partial charge is 0.189 e. The van der Waals surface area contributed by atoms with Crippen LogP contribution in [0.2, 0.25) is 0 Å². The second-order valence-electron chi connectivity index (χ2n) is 7.52. The lowest BCUT2D eigenvalue weighted by molar-refractivity contribution is 0.412. The molecule has 0 amide bonds. The first-order valence-electron chi connectivity index (χ1n) is 9.61. The van der Waals surface area contributed by atoms with Gasteiger partial charge >= 0.3 is 0 Å². The molecular formula is C20H32N4. The van der Waals surface area contributed by atoms with Crippen molar-refractivity contribution in [2.24, 2.45) is 16.6 Å². The SMILES string of the molecule is CC1CCN(c2ccc(CN=C(N)NC3CCCCC3)cc2)CC1. The molecule has 2 fully saturated rings. The highest BCUT2D eigenvalue weighted by molar-refractivity contribution is 5.78. The Hall–Kier alpha value is -1.71. The molecule has 0 bridgehead atoms. The summed E-state index contributed by atoms with van der Waals surface area (Å²) in [5.74, 6) is 1.46. The molecule has 0 aromatic heterocycles. The van der Waals surface area contributed by atoms with Gasteiger partial charge in [0.05, 0.1) is 6.54 Å². The first-order valence-corrected chi connectivity index (χ1v) is 9.61. The molecule has 1 saturated carbocycles. The molecule has 0 radical (unpaired) electrons. The van der Waals surface area contributed by atoms with Gasteiger partial charge in [-0.05, 0) is 49.3 Å². The molecule has 4 nitrogen and oxygen atoms in total. The Kier molecular flexibility index (Phi) is 6.00. The third-order valence-corrected chi connectivity index (χ3v) is 5.47. The number of hydrogen-bond donors (Lipinski definition) is 2. The van der Waals surface area contributed by atoms with E-state index in [-0.39, 0.29) is 0 Å². The summed E-state index contributed by atoms with van der Waals surface area (Å²) in [5.41, 5.74) is 8.60. The predicted molar refractivity (Wildman–Crippen MR) is 102 cm³/mol. The van der Waals surface area contributed by atoms with Gasteiger partial charge in [-0.2, -0.15) is 0 Å². The van der Waals surface area contributed by atoms with E-state index in [1.165, 1.54) is 69.3 Å². The number of nitrogens with two attached hydrogens (primary N) is 1. The van der Waals surface area contributed by atoms with Crippen LogP contribution in [-0.4, -0.2) is 25.1 Å². The lowest BCUT2D eigenvalue weighted by atomic mass is 9.96. The van der Waals surface area contributed by atoms with Crippen molar-refractivity contribution in [2.45, 2.75) is 64.5 Å². The zero-order valence-electron chi connectivity index (χ0n) is 15.0. The van der Waals surface area contributed by atoms with Gasteiger partial charge in [0, 0.05) is 24.8 Å². The highest BCUT2D eigenvalue weighted by Crippen LogP contribution is 2.23. The maximum atomic E-state index is 6.04. The van der Waals surface area contributed by atoms with E-state index in [0.717, 1.165) is 5.92 Å². The molecular weight excluding hydrogens is 296 g/mol. The number of nitrogens with one attached hydrogen (secondary N) is 1. The third kappa shape index (κ3) is 4.89. The number of benzene rings is 1. The molecule has 24 heavy (non-hydrogen) atoms. The van der Waals surface area contributed by atoms with Crippen LogP contribution < -0.4 is 16.0 Å². The molecule has 0 spiro atoms. The molecule has 4 heteroatoms. The van der Waals surface area contributed by atoms with Crippen molar-refractivity contribution < 1.29 is 0 Å². The summed E-state index contributed by atoms with van der Waals surface area (Å²) in [6.07, 6.45) is 9.02. The molecule has 2 aliphatic rings. The van der Waals surface area contributed by atoms with E-state index >= 15 is 0 Å². The Balaban J connectivity index is 1.49. The summed E-state index contributed by atoms with van der Waals surface area (Å²) in [6, 6.07) is 9.35. The minimum Gasteiger partial charge on any atom is -0.372 e. The van der Waals surface area contributed by atoms with Crippen LogP contribution in [-0.2, 0) is 6.54 Å². The van der Waals surface area contributed by atoms with Crippen molar-refractivity contribution in [1.82, 2.24) is 5.32 Å². The van der Waals surface area contributed by atoms with Crippen LogP contribution >= 0.6 is 0 Å². The van der Waals surface area contributed by atoms with Crippen molar-refractivity contribution in [2.75, 3.05) is 18.0 Å². The lowest BCUT2D eigenvalue weighted by Gasteiger charge is -2.32. The van der Waals surface area contributed by atoms with Gasteiger partial charge in [-0.25, -0.2) is 4.99 Å². The van der Waals surface area contributed by atoms with Crippen LogP contribution in [0.5, 0.6) is 0 Å². The van der Waals surface area contributed by atoms with E-state index in [1.807, 2.05) is 0 Å². The fourth-order valence-corrected chi connectivity index (χ4v) is 3.76. The minimum absolute atomic E-state index is 0.520. The monoisotopic (exact) mass is 328 g/mol. The van der Waals surface area contributed by atoms with Crippen molar-refractivity contribution in [1.29, 1.82) is 0 Å². The number of rotatable bonds is 4. The first-order chi connectivity index (χ1) is 11.7. The van der Waals surface area contributed by atoms with Crippen LogP contribution in [0.4, 0.5) is 5.69 Å². The van der Waals surface area contributed by atoms with E-state index in [0.29, 0.717) is 18.5 Å². The van der Waals surface area contributed by atoms with E-state index in [1.54, 1.807) is 0 Å². The molecule has 1 heterocycles. The Bertz CT molecular complexity index is 523. The average Bonchev–Trinajstić information content (AvgIpc) is 2.62. The summed E-state index contributed by atoms with van der Waals surface area (Å²) >= 11 is 0. The highest BCUT2D eigenvalue weighted by Gasteiger charge is 2.16. The van der Waals surface area contributed by atoms with Crippen molar-refractivity contribution in [3.05, 3.63) is 29.8 Å². The summed E-state index contributed by atoms with van der Waals surface area (Å²) in [7, 11) is 0. The van der Waals surface area contributed by atoms with Crippen molar-refractivity contribution >= 4 is 11.6 Å². The number of nitrogens with zero attached hydrogens (tertiary/aromatic N) is 2. The van der Waals surface area contributed by atoms with Gasteiger partial charge in [0.15, 0.2) is 5.96 Å². The Morgan fingerprint density at radius 1 is 1.08 bits per heavy atom. The van der Waals surface area contributed by atoms with Crippen LogP contribution in [0.1, 0.15) is 57.4 Å². The molecule has 0 unspecified atom stereocenters. The maximum Gasteiger partial charge on any atom is 0.189 e. The minimum atomic E-state index is 0.520. The standard InChI is InChI=1S/C20H32N4/c1-16-11-13-24(14-12-16)19-9-7-17(8-10-19)15-22-20(21)23-18-5-3-2-4-6-18/h7-10,16,18H,2-6,11-15H2,1H3,(H3,21,22,23). The average molecular weight is 329 g/mol. The fourth-order valence-electron chi connectivity index (χ4n) is 3.76. The van der Waals surface area contributed by atoms with Crippen LogP contribution in [0.3, 0.4) is 0 Å². The zero-order valence-corrected chi connectivity index (χ0v) is 15.0. The molecule has 132 valence electrons. The van der Waals surface area contributed by atoms with Gasteiger partial charge in [-0.1, -0.05) is 38.3 Å². The Morgan fingerprint density at radius 2 is 1.75 bits per heavy atom. The topological polar surface area (TPSA) is 53.6 Å². The number of aliphatic imine (C=N–C) groups is 1. The molecule has 3 rings (SSSR count). The summed E-state index contributed by atoms with van der Waals surface area (Å²) < 4.78 is 0. The van der Waals surface area contributed by atoms with Gasteiger partial charge in [0.1, 0.15) is 0 Å². The van der Waals surface area contributed by atoms with E-state index in [9.17, 15) is 0 Å². The van der Waals surface area contributed by atoms with Gasteiger partial charge in [-0.15, -0.1) is 0 Å². The molecule has 3 N–H and O–H groups in total. The second-order valence-corrected chi connectivity index (χ2v) is 7.52. The molecule has 1 aromatic carbocycles. The molecule has 1 aliphatic carbocycles. The Labute approximate surface area is 146 Å². The van der Waals surface area contributed by atoms with E-state index in [4.69, 9.17) is 5.73 Å². The third-order valence-electron chi connectivity index (χ3n) is 5.47. The number of guanidine groups is 1. The molecule has 0 atom stereocenters. The predicted octanol–water partition coefficient (Wildman–Crippen LogP) is 3.66. The normalized spacial score (nSPS) is 21.0. The van der Waals surface area contributed by atoms with Crippen molar-refractivity contribution in [3.8, 4) is 0 Å². The van der Waals surface area contributed by atoms with Crippen LogP contribution in [0.25, 0.3) is 0 Å². The number of piperidine rings is 1. The molecule has 1 saturated heterocycles. The van der Waals surface area contributed by atoms with E-state index < -0.39 is 0 Å². The summed E-state index contributed by atoms with van der Waals surface area (Å²) in [6.45, 7) is 5.36. The largest absolute Gasteiger partial charge is 0.372 e. The maximum absolute atomic E-state index is 6.04. The van der Waals surface area contributed by atoms with Crippen LogP contribution in [0, 0.1) is 5.92 Å². The number of anilines is 1. The summed E-state index contributed by atoms with van der Waals surface area (Å²) in [5, 5.41) is 3.38. The van der Waals surface area contributed by atoms with E-state index in [2.05, 4.69) is 46.4 Å². The summed E-state index contributed by atoms with van der Waals surface area (Å²) in [4.78, 5) is 7.00. The van der Waals surface area contributed by atoms with Gasteiger partial charge in [0.2, 0.25) is 0 Å². The van der Waals surface area contributed by atoms with Gasteiger partial charge in [-0.3, -0.25) is 0 Å². The fraction of sp³-hybridized carbons (Fsp3) is 0.650. The molecule has 1 aliphatic heterocycles. The second kappa shape index (κ2) is 8.41. The van der Waals surface area contributed by atoms with Gasteiger partial charge < -0.3 is 16.0 Å². The van der Waals surface area contributed by atoms with Crippen molar-refractivity contribution in [3.63, 3.8) is 0 Å². The quantitative estimate of drug-likeness (QED) is 0.655. The van der Waals surface area contributed by atoms with Gasteiger partial charge in [0.25, 0.3) is 0 Å². The lowest BCUT2D eigenvalue weighted by Crippen LogP contribution is -2.41. The van der Waals surface area contributed by atoms with Crippen LogP contribution in [0.15, 0.2) is 29.3 Å².